The van der Waals surface area contributed by atoms with Crippen molar-refractivity contribution in [3.63, 3.8) is 0 Å². The third-order valence-electron chi connectivity index (χ3n) is 4.89. The first kappa shape index (κ1) is 22.0. The van der Waals surface area contributed by atoms with Crippen molar-refractivity contribution in [2.75, 3.05) is 6.54 Å². The Hall–Kier alpha value is -2.33. The number of nitrogens with one attached hydrogen (secondary N) is 1. The summed E-state index contributed by atoms with van der Waals surface area (Å²) in [5.41, 5.74) is 4.20. The summed E-state index contributed by atoms with van der Waals surface area (Å²) in [4.78, 5) is 27.3. The molecule has 0 aromatic heterocycles. The number of carbonyl (C=O) groups excluding carboxylic acids is 2. The fourth-order valence-electron chi connectivity index (χ4n) is 3.00. The molecule has 0 unspecified atom stereocenters. The summed E-state index contributed by atoms with van der Waals surface area (Å²) < 4.78 is 0. The van der Waals surface area contributed by atoms with E-state index in [0.717, 1.165) is 23.1 Å². The molecule has 2 aromatic rings. The van der Waals surface area contributed by atoms with Gasteiger partial charge in [0.2, 0.25) is 11.8 Å². The van der Waals surface area contributed by atoms with E-state index in [1.54, 1.807) is 17.9 Å². The quantitative estimate of drug-likeness (QED) is 0.711. The maximum Gasteiger partial charge on any atom is 0.242 e. The second-order valence-corrected chi connectivity index (χ2v) is 7.65. The molecule has 4 nitrogen and oxygen atoms in total. The lowest BCUT2D eigenvalue weighted by Gasteiger charge is -2.29. The van der Waals surface area contributed by atoms with Gasteiger partial charge in [-0.15, -0.1) is 0 Å². The van der Waals surface area contributed by atoms with Crippen LogP contribution in [0.15, 0.2) is 42.5 Å². The molecule has 0 saturated heterocycles. The second kappa shape index (κ2) is 10.3. The van der Waals surface area contributed by atoms with Gasteiger partial charge in [0.05, 0.1) is 6.42 Å². The first-order valence-corrected chi connectivity index (χ1v) is 10.1. The van der Waals surface area contributed by atoms with Gasteiger partial charge >= 0.3 is 0 Å². The average Bonchev–Trinajstić information content (AvgIpc) is 2.66. The van der Waals surface area contributed by atoms with Crippen LogP contribution in [0.4, 0.5) is 0 Å². The van der Waals surface area contributed by atoms with E-state index in [1.807, 2.05) is 57.2 Å². The van der Waals surface area contributed by atoms with E-state index in [0.29, 0.717) is 18.1 Å². The Kier molecular flexibility index (Phi) is 8.06. The van der Waals surface area contributed by atoms with Gasteiger partial charge in [-0.3, -0.25) is 9.59 Å². The third kappa shape index (κ3) is 6.10. The Bertz CT molecular complexity index is 835. The summed E-state index contributed by atoms with van der Waals surface area (Å²) in [6, 6.07) is 12.9. The van der Waals surface area contributed by atoms with Crippen molar-refractivity contribution in [1.29, 1.82) is 0 Å². The normalized spacial score (nSPS) is 11.8. The topological polar surface area (TPSA) is 49.4 Å². The molecule has 0 aliphatic rings. The van der Waals surface area contributed by atoms with Gasteiger partial charge in [-0.05, 0) is 61.6 Å². The van der Waals surface area contributed by atoms with Crippen LogP contribution in [0.2, 0.25) is 5.02 Å². The molecule has 0 aliphatic carbocycles. The minimum atomic E-state index is -0.565. The summed E-state index contributed by atoms with van der Waals surface area (Å²) in [7, 11) is 0. The number of amides is 2. The molecule has 0 radical (unpaired) electrons. The van der Waals surface area contributed by atoms with Gasteiger partial charge in [-0.1, -0.05) is 48.9 Å². The van der Waals surface area contributed by atoms with Crippen LogP contribution in [0.1, 0.15) is 42.5 Å². The number of carbonyl (C=O) groups is 2. The summed E-state index contributed by atoms with van der Waals surface area (Å²) in [6.07, 6.45) is 1.11. The maximum atomic E-state index is 13.1. The summed E-state index contributed by atoms with van der Waals surface area (Å²) >= 11 is 6.10. The molecule has 2 amide bonds. The smallest absolute Gasteiger partial charge is 0.242 e. The van der Waals surface area contributed by atoms with Gasteiger partial charge in [0.1, 0.15) is 6.04 Å². The zero-order valence-corrected chi connectivity index (χ0v) is 17.8. The van der Waals surface area contributed by atoms with Crippen molar-refractivity contribution in [3.8, 4) is 0 Å². The van der Waals surface area contributed by atoms with Gasteiger partial charge in [0, 0.05) is 18.1 Å². The predicted octanol–water partition coefficient (Wildman–Crippen LogP) is 4.44. The Labute approximate surface area is 172 Å². The molecule has 2 aromatic carbocycles. The van der Waals surface area contributed by atoms with E-state index in [2.05, 4.69) is 5.32 Å². The predicted molar refractivity (Wildman–Crippen MR) is 114 cm³/mol. The highest BCUT2D eigenvalue weighted by Crippen LogP contribution is 2.17. The van der Waals surface area contributed by atoms with Crippen LogP contribution < -0.4 is 5.32 Å². The number of halogens is 1. The summed E-state index contributed by atoms with van der Waals surface area (Å²) in [6.45, 7) is 8.79. The van der Waals surface area contributed by atoms with Crippen LogP contribution in [0, 0.1) is 13.8 Å². The van der Waals surface area contributed by atoms with Gasteiger partial charge in [0.15, 0.2) is 0 Å². The Morgan fingerprint density at radius 2 is 1.82 bits per heavy atom. The van der Waals surface area contributed by atoms with Gasteiger partial charge in [-0.25, -0.2) is 0 Å². The van der Waals surface area contributed by atoms with Crippen molar-refractivity contribution in [3.05, 3.63) is 69.7 Å². The van der Waals surface area contributed by atoms with Crippen molar-refractivity contribution in [2.45, 2.75) is 53.1 Å². The Balaban J connectivity index is 2.23. The van der Waals surface area contributed by atoms with Crippen molar-refractivity contribution in [1.82, 2.24) is 10.2 Å². The van der Waals surface area contributed by atoms with Crippen molar-refractivity contribution >= 4 is 23.4 Å². The number of hydrogen-bond acceptors (Lipinski definition) is 2. The SMILES string of the molecule is CCCNC(=O)[C@H](C)N(Cc1cccc(Cl)c1)C(=O)Cc1ccc(C)c(C)c1. The van der Waals surface area contributed by atoms with Crippen LogP contribution in [-0.2, 0) is 22.6 Å². The average molecular weight is 401 g/mol. The van der Waals surface area contributed by atoms with E-state index in [9.17, 15) is 9.59 Å². The molecular weight excluding hydrogens is 372 g/mol. The monoisotopic (exact) mass is 400 g/mol. The van der Waals surface area contributed by atoms with Gasteiger partial charge in [-0.2, -0.15) is 0 Å². The second-order valence-electron chi connectivity index (χ2n) is 7.21. The number of rotatable bonds is 8. The van der Waals surface area contributed by atoms with Crippen LogP contribution >= 0.6 is 11.6 Å². The minimum Gasteiger partial charge on any atom is -0.354 e. The lowest BCUT2D eigenvalue weighted by Crippen LogP contribution is -2.48. The van der Waals surface area contributed by atoms with E-state index >= 15 is 0 Å². The van der Waals surface area contributed by atoms with Crippen LogP contribution in [-0.4, -0.2) is 29.3 Å². The molecule has 0 heterocycles. The molecule has 0 aliphatic heterocycles. The molecule has 5 heteroatoms. The van der Waals surface area contributed by atoms with Crippen LogP contribution in [0.25, 0.3) is 0 Å². The molecule has 2 rings (SSSR count). The van der Waals surface area contributed by atoms with E-state index in [1.165, 1.54) is 5.56 Å². The highest BCUT2D eigenvalue weighted by molar-refractivity contribution is 6.30. The molecule has 0 fully saturated rings. The molecular formula is C23H29ClN2O2. The molecule has 1 N–H and O–H groups in total. The van der Waals surface area contributed by atoms with E-state index < -0.39 is 6.04 Å². The molecule has 150 valence electrons. The summed E-state index contributed by atoms with van der Waals surface area (Å²) in [5.74, 6) is -0.223. The highest BCUT2D eigenvalue weighted by Gasteiger charge is 2.26. The van der Waals surface area contributed by atoms with Gasteiger partial charge < -0.3 is 10.2 Å². The zero-order valence-electron chi connectivity index (χ0n) is 17.1. The van der Waals surface area contributed by atoms with Crippen molar-refractivity contribution < 1.29 is 9.59 Å². The standard InChI is InChI=1S/C23H29ClN2O2/c1-5-11-25-23(28)18(4)26(15-20-7-6-8-21(24)13-20)22(27)14-19-10-9-16(2)17(3)12-19/h6-10,12-13,18H,5,11,14-15H2,1-4H3,(H,25,28)/t18-/m0/s1. The fourth-order valence-corrected chi connectivity index (χ4v) is 3.21. The van der Waals surface area contributed by atoms with Crippen LogP contribution in [0.5, 0.6) is 0 Å². The Morgan fingerprint density at radius 1 is 1.07 bits per heavy atom. The molecule has 0 saturated carbocycles. The molecule has 0 spiro atoms. The number of aryl methyl sites for hydroxylation is 2. The minimum absolute atomic E-state index is 0.0811. The first-order chi connectivity index (χ1) is 13.3. The largest absolute Gasteiger partial charge is 0.354 e. The van der Waals surface area contributed by atoms with Gasteiger partial charge in [0.25, 0.3) is 0 Å². The number of benzene rings is 2. The molecule has 1 atom stereocenters. The molecule has 0 bridgehead atoms. The van der Waals surface area contributed by atoms with Crippen molar-refractivity contribution in [2.24, 2.45) is 0 Å². The highest BCUT2D eigenvalue weighted by atomic mass is 35.5. The van der Waals surface area contributed by atoms with E-state index in [4.69, 9.17) is 11.6 Å². The van der Waals surface area contributed by atoms with E-state index in [-0.39, 0.29) is 18.2 Å². The number of hydrogen-bond donors (Lipinski definition) is 1. The lowest BCUT2D eigenvalue weighted by atomic mass is 10.0. The fraction of sp³-hybridized carbons (Fsp3) is 0.391. The van der Waals surface area contributed by atoms with Crippen LogP contribution in [0.3, 0.4) is 0 Å². The number of nitrogens with zero attached hydrogens (tertiary/aromatic N) is 1. The third-order valence-corrected chi connectivity index (χ3v) is 5.12. The Morgan fingerprint density at radius 3 is 2.46 bits per heavy atom. The maximum absolute atomic E-state index is 13.1. The summed E-state index contributed by atoms with van der Waals surface area (Å²) in [5, 5.41) is 3.50. The lowest BCUT2D eigenvalue weighted by molar-refractivity contribution is -0.140. The zero-order chi connectivity index (χ0) is 20.7. The first-order valence-electron chi connectivity index (χ1n) is 9.69. The molecule has 28 heavy (non-hydrogen) atoms.